The number of rotatable bonds is 7. The van der Waals surface area contributed by atoms with Crippen molar-refractivity contribution in [1.29, 1.82) is 0 Å². The molecule has 138 valence electrons. The van der Waals surface area contributed by atoms with Gasteiger partial charge in [-0.25, -0.2) is 4.99 Å². The summed E-state index contributed by atoms with van der Waals surface area (Å²) in [5, 5.41) is 14.9. The minimum atomic E-state index is 0. The van der Waals surface area contributed by atoms with Gasteiger partial charge < -0.3 is 15.1 Å². The van der Waals surface area contributed by atoms with Crippen LogP contribution in [0.5, 0.6) is 0 Å². The van der Waals surface area contributed by atoms with Crippen LogP contribution in [0.4, 0.5) is 0 Å². The lowest BCUT2D eigenvalue weighted by atomic mass is 10.3. The van der Waals surface area contributed by atoms with Gasteiger partial charge in [0.05, 0.1) is 6.26 Å². The van der Waals surface area contributed by atoms with Crippen molar-refractivity contribution < 1.29 is 4.42 Å². The van der Waals surface area contributed by atoms with Crippen molar-refractivity contribution in [3.63, 3.8) is 0 Å². The lowest BCUT2D eigenvalue weighted by Gasteiger charge is -2.12. The van der Waals surface area contributed by atoms with Gasteiger partial charge in [-0.05, 0) is 31.2 Å². The van der Waals surface area contributed by atoms with E-state index >= 15 is 0 Å². The van der Waals surface area contributed by atoms with Gasteiger partial charge in [-0.2, -0.15) is 0 Å². The largest absolute Gasteiger partial charge is 0.469 e. The number of hydrogen-bond donors (Lipinski definition) is 2. The maximum atomic E-state index is 5.34. The fraction of sp³-hybridized carbons (Fsp3) is 0.278. The van der Waals surface area contributed by atoms with Crippen LogP contribution >= 0.6 is 24.0 Å². The van der Waals surface area contributed by atoms with E-state index in [9.17, 15) is 0 Å². The Balaban J connectivity index is 0.00000243. The summed E-state index contributed by atoms with van der Waals surface area (Å²) in [6.07, 6.45) is 4.40. The smallest absolute Gasteiger partial charge is 0.191 e. The van der Waals surface area contributed by atoms with Crippen molar-refractivity contribution in [2.24, 2.45) is 4.99 Å². The normalized spacial score (nSPS) is 11.2. The zero-order valence-corrected chi connectivity index (χ0v) is 17.0. The molecule has 0 atom stereocenters. The summed E-state index contributed by atoms with van der Waals surface area (Å²) in [5.41, 5.74) is 1.85. The van der Waals surface area contributed by atoms with E-state index in [1.807, 2.05) is 47.9 Å². The number of halogens is 1. The first-order chi connectivity index (χ1) is 12.2. The first-order valence-corrected chi connectivity index (χ1v) is 8.20. The molecule has 26 heavy (non-hydrogen) atoms. The van der Waals surface area contributed by atoms with E-state index in [4.69, 9.17) is 4.42 Å². The number of fused-ring (bicyclic) bond motifs is 1. The van der Waals surface area contributed by atoms with Crippen LogP contribution in [0.1, 0.15) is 18.5 Å². The van der Waals surface area contributed by atoms with Crippen molar-refractivity contribution in [3.05, 3.63) is 66.5 Å². The number of guanidine groups is 1. The summed E-state index contributed by atoms with van der Waals surface area (Å²) in [5.74, 6) is 2.44. The van der Waals surface area contributed by atoms with Gasteiger partial charge in [0.25, 0.3) is 0 Å². The van der Waals surface area contributed by atoms with Gasteiger partial charge in [0.15, 0.2) is 17.4 Å². The summed E-state index contributed by atoms with van der Waals surface area (Å²) >= 11 is 0. The third kappa shape index (κ3) is 5.58. The minimum Gasteiger partial charge on any atom is -0.469 e. The molecule has 8 heteroatoms. The molecule has 0 radical (unpaired) electrons. The number of nitrogens with one attached hydrogen (secondary N) is 2. The van der Waals surface area contributed by atoms with Crippen LogP contribution in [0.15, 0.2) is 64.4 Å². The summed E-state index contributed by atoms with van der Waals surface area (Å²) in [7, 11) is 0. The highest BCUT2D eigenvalue weighted by Gasteiger charge is 2.05. The van der Waals surface area contributed by atoms with Crippen LogP contribution in [0, 0.1) is 0 Å². The number of hydrogen-bond acceptors (Lipinski definition) is 4. The number of aliphatic imine (C=N–C) groups is 1. The van der Waals surface area contributed by atoms with Gasteiger partial charge in [-0.1, -0.05) is 18.2 Å². The molecule has 0 aromatic carbocycles. The van der Waals surface area contributed by atoms with Crippen LogP contribution in [-0.4, -0.2) is 33.6 Å². The van der Waals surface area contributed by atoms with E-state index in [0.29, 0.717) is 19.0 Å². The molecule has 3 aromatic rings. The Morgan fingerprint density at radius 3 is 2.88 bits per heavy atom. The molecule has 0 bridgehead atoms. The molecular formula is C18H23IN6O. The summed E-state index contributed by atoms with van der Waals surface area (Å²) < 4.78 is 7.28. The van der Waals surface area contributed by atoms with Gasteiger partial charge in [0.2, 0.25) is 0 Å². The Labute approximate surface area is 169 Å². The third-order valence-electron chi connectivity index (χ3n) is 3.56. The second-order valence-electron chi connectivity index (χ2n) is 5.78. The van der Waals surface area contributed by atoms with Crippen LogP contribution < -0.4 is 10.6 Å². The fourth-order valence-electron chi connectivity index (χ4n) is 2.32. The lowest BCUT2D eigenvalue weighted by molar-refractivity contribution is 0.507. The average Bonchev–Trinajstić information content (AvgIpc) is 3.26. The quantitative estimate of drug-likeness (QED) is 0.242. The van der Waals surface area contributed by atoms with E-state index in [0.717, 1.165) is 35.8 Å². The molecule has 0 amide bonds. The molecule has 0 unspecified atom stereocenters. The van der Waals surface area contributed by atoms with Crippen LogP contribution in [0.2, 0.25) is 0 Å². The zero-order valence-electron chi connectivity index (χ0n) is 14.7. The number of aromatic nitrogens is 3. The number of nitrogens with zero attached hydrogens (tertiary/aromatic N) is 4. The summed E-state index contributed by atoms with van der Waals surface area (Å²) in [4.78, 5) is 4.61. The highest BCUT2D eigenvalue weighted by molar-refractivity contribution is 14.0. The second kappa shape index (κ2) is 9.95. The molecule has 0 aliphatic heterocycles. The maximum absolute atomic E-state index is 5.34. The van der Waals surface area contributed by atoms with Crippen molar-refractivity contribution in [3.8, 4) is 0 Å². The SMILES string of the molecule is C=C(C)CNC(=NCc1nnc2ccccn12)NCCc1ccco1.I. The highest BCUT2D eigenvalue weighted by Crippen LogP contribution is 2.04. The molecule has 3 aromatic heterocycles. The van der Waals surface area contributed by atoms with E-state index < -0.39 is 0 Å². The van der Waals surface area contributed by atoms with Crippen LogP contribution in [0.3, 0.4) is 0 Å². The Kier molecular flexibility index (Phi) is 7.64. The monoisotopic (exact) mass is 466 g/mol. The summed E-state index contributed by atoms with van der Waals surface area (Å²) in [6.45, 7) is 7.69. The van der Waals surface area contributed by atoms with Crippen molar-refractivity contribution in [2.75, 3.05) is 13.1 Å². The van der Waals surface area contributed by atoms with Crippen LogP contribution in [-0.2, 0) is 13.0 Å². The van der Waals surface area contributed by atoms with E-state index in [1.165, 1.54) is 0 Å². The second-order valence-corrected chi connectivity index (χ2v) is 5.78. The molecule has 2 N–H and O–H groups in total. The van der Waals surface area contributed by atoms with Gasteiger partial charge in [-0.3, -0.25) is 4.40 Å². The van der Waals surface area contributed by atoms with Gasteiger partial charge in [-0.15, -0.1) is 34.2 Å². The predicted molar refractivity (Wildman–Crippen MR) is 113 cm³/mol. The minimum absolute atomic E-state index is 0. The standard InChI is InChI=1S/C18H22N6O.HI/c1-14(2)12-20-18(19-9-8-15-6-5-11-25-15)21-13-17-23-22-16-7-3-4-10-24(16)17;/h3-7,10-11H,1,8-9,12-13H2,2H3,(H2,19,20,21);1H. The highest BCUT2D eigenvalue weighted by atomic mass is 127. The molecule has 0 saturated carbocycles. The average molecular weight is 466 g/mol. The molecule has 7 nitrogen and oxygen atoms in total. The van der Waals surface area contributed by atoms with Gasteiger partial charge in [0.1, 0.15) is 12.3 Å². The van der Waals surface area contributed by atoms with Crippen molar-refractivity contribution in [2.45, 2.75) is 19.9 Å². The molecule has 0 aliphatic rings. The Hall–Kier alpha value is -2.36. The van der Waals surface area contributed by atoms with Crippen molar-refractivity contribution >= 4 is 35.6 Å². The molecule has 0 aliphatic carbocycles. The molecule has 3 heterocycles. The number of furan rings is 1. The summed E-state index contributed by atoms with van der Waals surface area (Å²) in [6, 6.07) is 9.66. The predicted octanol–water partition coefficient (Wildman–Crippen LogP) is 2.79. The molecule has 0 saturated heterocycles. The van der Waals surface area contributed by atoms with E-state index in [-0.39, 0.29) is 24.0 Å². The van der Waals surface area contributed by atoms with E-state index in [2.05, 4.69) is 32.4 Å². The maximum Gasteiger partial charge on any atom is 0.191 e. The number of pyridine rings is 1. The fourth-order valence-corrected chi connectivity index (χ4v) is 2.32. The van der Waals surface area contributed by atoms with E-state index in [1.54, 1.807) is 6.26 Å². The first kappa shape index (κ1) is 20.0. The van der Waals surface area contributed by atoms with Gasteiger partial charge in [0, 0.05) is 25.7 Å². The van der Waals surface area contributed by atoms with Crippen molar-refractivity contribution in [1.82, 2.24) is 25.2 Å². The Morgan fingerprint density at radius 2 is 2.12 bits per heavy atom. The molecular weight excluding hydrogens is 443 g/mol. The third-order valence-corrected chi connectivity index (χ3v) is 3.56. The molecule has 0 spiro atoms. The topological polar surface area (TPSA) is 79.8 Å². The zero-order chi connectivity index (χ0) is 17.5. The first-order valence-electron chi connectivity index (χ1n) is 8.20. The lowest BCUT2D eigenvalue weighted by Crippen LogP contribution is -2.39. The van der Waals surface area contributed by atoms with Gasteiger partial charge >= 0.3 is 0 Å². The molecule has 3 rings (SSSR count). The van der Waals surface area contributed by atoms with Crippen LogP contribution in [0.25, 0.3) is 5.65 Å². The molecule has 0 fully saturated rings. The Morgan fingerprint density at radius 1 is 1.23 bits per heavy atom. The Bertz CT molecular complexity index is 856.